The maximum Gasteiger partial charge on any atom is 0.410 e. The second kappa shape index (κ2) is 7.32. The van der Waals surface area contributed by atoms with Gasteiger partial charge in [0.15, 0.2) is 5.75 Å². The van der Waals surface area contributed by atoms with Crippen LogP contribution in [0.1, 0.15) is 50.8 Å². The quantitative estimate of drug-likeness (QED) is 0.548. The molecule has 154 valence electrons. The first kappa shape index (κ1) is 20.2. The van der Waals surface area contributed by atoms with Crippen LogP contribution in [-0.2, 0) is 4.74 Å². The highest BCUT2D eigenvalue weighted by Gasteiger charge is 2.36. The van der Waals surface area contributed by atoms with E-state index in [1.54, 1.807) is 4.90 Å². The maximum absolute atomic E-state index is 12.2. The van der Waals surface area contributed by atoms with Gasteiger partial charge in [-0.05, 0) is 61.3 Å². The lowest BCUT2D eigenvalue weighted by atomic mass is 9.91. The monoisotopic (exact) mass is 480 g/mol. The molecule has 0 aliphatic carbocycles. The molecular formula is C20H22BrClN4O3. The van der Waals surface area contributed by atoms with Gasteiger partial charge >= 0.3 is 6.09 Å². The van der Waals surface area contributed by atoms with E-state index in [1.165, 1.54) is 6.33 Å². The lowest BCUT2D eigenvalue weighted by Crippen LogP contribution is -2.50. The van der Waals surface area contributed by atoms with Crippen molar-refractivity contribution in [1.29, 1.82) is 0 Å². The van der Waals surface area contributed by atoms with Crippen LogP contribution in [0.3, 0.4) is 0 Å². The summed E-state index contributed by atoms with van der Waals surface area (Å²) in [7, 11) is 0. The molecule has 7 nitrogen and oxygen atoms in total. The molecule has 2 aliphatic rings. The van der Waals surface area contributed by atoms with Crippen LogP contribution in [0.5, 0.6) is 5.75 Å². The number of likely N-dealkylation sites (tertiary alicyclic amines) is 1. The van der Waals surface area contributed by atoms with Crippen LogP contribution in [0.4, 0.5) is 16.3 Å². The summed E-state index contributed by atoms with van der Waals surface area (Å²) in [4.78, 5) is 22.3. The summed E-state index contributed by atoms with van der Waals surface area (Å²) in [6.45, 7) is 8.74. The number of hydrogen-bond donors (Lipinski definition) is 1. The number of hydrogen-bond acceptors (Lipinski definition) is 6. The predicted octanol–water partition coefficient (Wildman–Crippen LogP) is 5.42. The van der Waals surface area contributed by atoms with Gasteiger partial charge in [-0.1, -0.05) is 11.6 Å². The van der Waals surface area contributed by atoms with Crippen molar-refractivity contribution in [3.63, 3.8) is 0 Å². The number of aromatic nitrogens is 2. The van der Waals surface area contributed by atoms with Crippen LogP contribution in [0, 0.1) is 0 Å². The SMILES string of the molecule is CC1Oc2c(Br)cc(C3CN(C(=O)OC(C)(C)C)C3)cc2Nc2ncnc(Cl)c21. The zero-order valence-electron chi connectivity index (χ0n) is 16.6. The van der Waals surface area contributed by atoms with E-state index in [-0.39, 0.29) is 18.1 Å². The van der Waals surface area contributed by atoms with Gasteiger partial charge in [-0.25, -0.2) is 14.8 Å². The second-order valence-electron chi connectivity index (χ2n) is 8.27. The number of ether oxygens (including phenoxy) is 2. The molecule has 9 heteroatoms. The van der Waals surface area contributed by atoms with E-state index >= 15 is 0 Å². The van der Waals surface area contributed by atoms with Gasteiger partial charge in [-0.3, -0.25) is 0 Å². The van der Waals surface area contributed by atoms with E-state index in [1.807, 2.05) is 39.8 Å². The van der Waals surface area contributed by atoms with E-state index < -0.39 is 5.60 Å². The van der Waals surface area contributed by atoms with E-state index in [2.05, 4.69) is 31.2 Å². The molecule has 0 spiro atoms. The van der Waals surface area contributed by atoms with E-state index in [0.717, 1.165) is 21.3 Å². The first-order valence-electron chi connectivity index (χ1n) is 9.38. The van der Waals surface area contributed by atoms with Gasteiger partial charge in [0.25, 0.3) is 0 Å². The molecule has 1 saturated heterocycles. The summed E-state index contributed by atoms with van der Waals surface area (Å²) in [5.74, 6) is 1.54. The number of halogens is 2. The molecule has 3 heterocycles. The minimum absolute atomic E-state index is 0.222. The van der Waals surface area contributed by atoms with Crippen molar-refractivity contribution in [2.24, 2.45) is 0 Å². The van der Waals surface area contributed by atoms with Crippen molar-refractivity contribution in [3.05, 3.63) is 39.2 Å². The number of nitrogens with one attached hydrogen (secondary N) is 1. The van der Waals surface area contributed by atoms with Gasteiger partial charge < -0.3 is 19.7 Å². The maximum atomic E-state index is 12.2. The van der Waals surface area contributed by atoms with Crippen molar-refractivity contribution in [3.8, 4) is 5.75 Å². The van der Waals surface area contributed by atoms with Gasteiger partial charge in [0.2, 0.25) is 0 Å². The molecule has 1 amide bonds. The fourth-order valence-corrected chi connectivity index (χ4v) is 4.28. The van der Waals surface area contributed by atoms with Crippen molar-refractivity contribution in [2.45, 2.75) is 45.3 Å². The fourth-order valence-electron chi connectivity index (χ4n) is 3.42. The largest absolute Gasteiger partial charge is 0.482 e. The third-order valence-corrected chi connectivity index (χ3v) is 5.75. The number of carbonyl (C=O) groups excluding carboxylic acids is 1. The van der Waals surface area contributed by atoms with Crippen LogP contribution >= 0.6 is 27.5 Å². The normalized spacial score (nSPS) is 18.6. The number of amides is 1. The van der Waals surface area contributed by atoms with Crippen LogP contribution in [0.2, 0.25) is 5.15 Å². The van der Waals surface area contributed by atoms with Gasteiger partial charge in [0, 0.05) is 19.0 Å². The van der Waals surface area contributed by atoms with Crippen molar-refractivity contribution >= 4 is 45.1 Å². The number of anilines is 2. The third-order valence-electron chi connectivity index (χ3n) is 4.86. The van der Waals surface area contributed by atoms with Crippen molar-refractivity contribution in [1.82, 2.24) is 14.9 Å². The number of benzene rings is 1. The van der Waals surface area contributed by atoms with E-state index in [0.29, 0.717) is 29.8 Å². The van der Waals surface area contributed by atoms with Crippen LogP contribution in [0.25, 0.3) is 0 Å². The van der Waals surface area contributed by atoms with Crippen LogP contribution < -0.4 is 10.1 Å². The van der Waals surface area contributed by atoms with Gasteiger partial charge in [0.1, 0.15) is 29.0 Å². The first-order valence-corrected chi connectivity index (χ1v) is 10.5. The molecule has 2 aliphatic heterocycles. The fraction of sp³-hybridized carbons (Fsp3) is 0.450. The Hall–Kier alpha value is -2.06. The lowest BCUT2D eigenvalue weighted by Gasteiger charge is -2.40. The Kier molecular flexibility index (Phi) is 5.11. The summed E-state index contributed by atoms with van der Waals surface area (Å²) in [6, 6.07) is 4.07. The highest BCUT2D eigenvalue weighted by atomic mass is 79.9. The molecule has 1 atom stereocenters. The predicted molar refractivity (Wildman–Crippen MR) is 114 cm³/mol. The highest BCUT2D eigenvalue weighted by molar-refractivity contribution is 9.10. The minimum Gasteiger partial charge on any atom is -0.482 e. The van der Waals surface area contributed by atoms with Gasteiger partial charge in [-0.15, -0.1) is 0 Å². The average molecular weight is 482 g/mol. The smallest absolute Gasteiger partial charge is 0.410 e. The molecule has 0 radical (unpaired) electrons. The summed E-state index contributed by atoms with van der Waals surface area (Å²) in [5.41, 5.74) is 2.12. The number of rotatable bonds is 1. The number of nitrogens with zero attached hydrogens (tertiary/aromatic N) is 3. The van der Waals surface area contributed by atoms with Gasteiger partial charge in [-0.2, -0.15) is 0 Å². The van der Waals surface area contributed by atoms with Crippen molar-refractivity contribution < 1.29 is 14.3 Å². The van der Waals surface area contributed by atoms with Crippen LogP contribution in [-0.4, -0.2) is 39.7 Å². The lowest BCUT2D eigenvalue weighted by molar-refractivity contribution is 0.00819. The molecule has 4 rings (SSSR count). The van der Waals surface area contributed by atoms with Crippen LogP contribution in [0.15, 0.2) is 22.9 Å². The molecular weight excluding hydrogens is 460 g/mol. The number of carbonyl (C=O) groups is 1. The topological polar surface area (TPSA) is 76.6 Å². The standard InChI is InChI=1S/C20H22BrClN4O3/c1-10-15-17(22)23-9-24-18(15)25-14-6-11(5-13(21)16(14)28-10)12-7-26(8-12)19(27)29-20(2,3)4/h5-6,9-10,12H,7-8H2,1-4H3,(H,23,24,25). The Labute approximate surface area is 182 Å². The third kappa shape index (κ3) is 4.00. The first-order chi connectivity index (χ1) is 13.6. The zero-order chi connectivity index (χ0) is 20.9. The average Bonchev–Trinajstić information content (AvgIpc) is 2.69. The highest BCUT2D eigenvalue weighted by Crippen LogP contribution is 2.45. The minimum atomic E-state index is -0.496. The zero-order valence-corrected chi connectivity index (χ0v) is 19.0. The molecule has 2 aromatic rings. The Morgan fingerprint density at radius 2 is 2.07 bits per heavy atom. The van der Waals surface area contributed by atoms with E-state index in [9.17, 15) is 4.79 Å². The second-order valence-corrected chi connectivity index (χ2v) is 9.49. The Bertz CT molecular complexity index is 973. The summed E-state index contributed by atoms with van der Waals surface area (Å²) < 4.78 is 12.4. The Morgan fingerprint density at radius 1 is 1.34 bits per heavy atom. The van der Waals surface area contributed by atoms with E-state index in [4.69, 9.17) is 21.1 Å². The molecule has 1 unspecified atom stereocenters. The molecule has 0 bridgehead atoms. The Balaban J connectivity index is 1.56. The molecule has 0 saturated carbocycles. The molecule has 1 aromatic heterocycles. The number of fused-ring (bicyclic) bond motifs is 2. The molecule has 1 N–H and O–H groups in total. The molecule has 1 aromatic carbocycles. The summed E-state index contributed by atoms with van der Waals surface area (Å²) in [5, 5.41) is 3.69. The molecule has 1 fully saturated rings. The summed E-state index contributed by atoms with van der Waals surface area (Å²) in [6.07, 6.45) is 0.842. The van der Waals surface area contributed by atoms with Gasteiger partial charge in [0.05, 0.1) is 15.7 Å². The Morgan fingerprint density at radius 3 is 2.76 bits per heavy atom. The summed E-state index contributed by atoms with van der Waals surface area (Å²) >= 11 is 9.89. The molecule has 29 heavy (non-hydrogen) atoms. The van der Waals surface area contributed by atoms with Crippen molar-refractivity contribution in [2.75, 3.05) is 18.4 Å².